The lowest BCUT2D eigenvalue weighted by molar-refractivity contribution is 0.199. The van der Waals surface area contributed by atoms with Gasteiger partial charge in [-0.05, 0) is 29.7 Å². The molecule has 0 atom stereocenters. The smallest absolute Gasteiger partial charge is 0.141 e. The maximum atomic E-state index is 13.1. The number of hydrogen-bond acceptors (Lipinski definition) is 5. The fourth-order valence-electron chi connectivity index (χ4n) is 1.56. The van der Waals surface area contributed by atoms with E-state index in [1.807, 2.05) is 0 Å². The van der Waals surface area contributed by atoms with Gasteiger partial charge in [-0.1, -0.05) is 16.1 Å². The summed E-state index contributed by atoms with van der Waals surface area (Å²) in [5.41, 5.74) is 1.50. The third-order valence-corrected chi connectivity index (χ3v) is 3.53. The van der Waals surface area contributed by atoms with Gasteiger partial charge >= 0.3 is 0 Å². The van der Waals surface area contributed by atoms with Crippen molar-refractivity contribution in [1.29, 1.82) is 0 Å². The lowest BCUT2D eigenvalue weighted by Crippen LogP contribution is -2.18. The van der Waals surface area contributed by atoms with Gasteiger partial charge in [-0.25, -0.2) is 4.39 Å². The van der Waals surface area contributed by atoms with Gasteiger partial charge in [0.15, 0.2) is 0 Å². The summed E-state index contributed by atoms with van der Waals surface area (Å²) in [5, 5.41) is 7.38. The molecule has 102 valence electrons. The van der Waals surface area contributed by atoms with E-state index in [9.17, 15) is 4.39 Å². The number of methoxy groups -OCH3 is 1. The van der Waals surface area contributed by atoms with Gasteiger partial charge in [0.1, 0.15) is 11.5 Å². The summed E-state index contributed by atoms with van der Waals surface area (Å²) >= 11 is 7.09. The molecule has 0 saturated heterocycles. The van der Waals surface area contributed by atoms with Crippen molar-refractivity contribution in [2.24, 2.45) is 0 Å². The zero-order chi connectivity index (χ0) is 13.7. The van der Waals surface area contributed by atoms with E-state index in [1.54, 1.807) is 19.2 Å². The second kappa shape index (κ2) is 6.91. The van der Waals surface area contributed by atoms with E-state index in [-0.39, 0.29) is 5.02 Å². The molecule has 0 saturated carbocycles. The van der Waals surface area contributed by atoms with Crippen molar-refractivity contribution in [3.05, 3.63) is 33.9 Å². The average Bonchev–Trinajstić information content (AvgIpc) is 2.86. The van der Waals surface area contributed by atoms with E-state index < -0.39 is 5.82 Å². The molecule has 1 aromatic heterocycles. The van der Waals surface area contributed by atoms with E-state index in [1.165, 1.54) is 17.6 Å². The van der Waals surface area contributed by atoms with Crippen LogP contribution in [0.3, 0.4) is 0 Å². The minimum absolute atomic E-state index is 0.0868. The van der Waals surface area contributed by atoms with E-state index in [0.29, 0.717) is 13.2 Å². The molecule has 7 heteroatoms. The second-order valence-electron chi connectivity index (χ2n) is 3.84. The summed E-state index contributed by atoms with van der Waals surface area (Å²) in [5.74, 6) is -0.437. The molecule has 1 heterocycles. The van der Waals surface area contributed by atoms with Crippen LogP contribution in [0, 0.1) is 5.82 Å². The number of halogens is 2. The Kier molecular flexibility index (Phi) is 5.21. The zero-order valence-electron chi connectivity index (χ0n) is 10.3. The molecule has 1 N–H and O–H groups in total. The van der Waals surface area contributed by atoms with Gasteiger partial charge in [0.2, 0.25) is 0 Å². The van der Waals surface area contributed by atoms with Gasteiger partial charge in [-0.2, -0.15) is 0 Å². The number of aromatic nitrogens is 2. The van der Waals surface area contributed by atoms with Gasteiger partial charge in [0, 0.05) is 25.8 Å². The number of ether oxygens (including phenoxy) is 1. The Morgan fingerprint density at radius 1 is 1.47 bits per heavy atom. The van der Waals surface area contributed by atoms with Crippen molar-refractivity contribution in [2.45, 2.75) is 6.54 Å². The largest absolute Gasteiger partial charge is 0.383 e. The molecule has 4 nitrogen and oxygen atoms in total. The highest BCUT2D eigenvalue weighted by molar-refractivity contribution is 7.05. The minimum Gasteiger partial charge on any atom is -0.383 e. The quantitative estimate of drug-likeness (QED) is 0.834. The number of rotatable bonds is 6. The Morgan fingerprint density at radius 2 is 2.32 bits per heavy atom. The summed E-state index contributed by atoms with van der Waals surface area (Å²) in [6.45, 7) is 2.04. The molecule has 2 rings (SSSR count). The number of hydrogen-bond donors (Lipinski definition) is 1. The highest BCUT2D eigenvalue weighted by Crippen LogP contribution is 2.27. The van der Waals surface area contributed by atoms with Crippen LogP contribution in [-0.2, 0) is 11.3 Å². The molecular weight excluding hydrogens is 289 g/mol. The van der Waals surface area contributed by atoms with Crippen molar-refractivity contribution in [2.75, 3.05) is 20.3 Å². The van der Waals surface area contributed by atoms with E-state index >= 15 is 0 Å². The van der Waals surface area contributed by atoms with Gasteiger partial charge in [0.25, 0.3) is 0 Å². The molecule has 0 amide bonds. The van der Waals surface area contributed by atoms with E-state index in [0.717, 1.165) is 22.7 Å². The maximum absolute atomic E-state index is 13.1. The molecule has 0 spiro atoms. The van der Waals surface area contributed by atoms with Crippen LogP contribution in [0.25, 0.3) is 11.3 Å². The first-order valence-corrected chi connectivity index (χ1v) is 6.84. The summed E-state index contributed by atoms with van der Waals surface area (Å²) in [4.78, 5) is 0.985. The Hall–Kier alpha value is -1.08. The molecule has 1 aromatic carbocycles. The topological polar surface area (TPSA) is 47.0 Å². The fourth-order valence-corrected chi connectivity index (χ4v) is 2.38. The standard InChI is InChI=1S/C12H13ClFN3OS/c1-18-5-4-15-7-11-12(16-17-19-11)8-2-3-10(14)9(13)6-8/h2-3,6,15H,4-5,7H2,1H3. The van der Waals surface area contributed by atoms with Crippen LogP contribution in [0.1, 0.15) is 4.88 Å². The summed E-state index contributed by atoms with van der Waals surface area (Å²) in [6.07, 6.45) is 0. The first kappa shape index (κ1) is 14.3. The Bertz CT molecular complexity index is 550. The van der Waals surface area contributed by atoms with Gasteiger partial charge in [0.05, 0.1) is 16.5 Å². The van der Waals surface area contributed by atoms with Gasteiger partial charge < -0.3 is 10.1 Å². The molecular formula is C12H13ClFN3OS. The van der Waals surface area contributed by atoms with Crippen LogP contribution in [0.2, 0.25) is 5.02 Å². The van der Waals surface area contributed by atoms with Crippen LogP contribution in [-0.4, -0.2) is 29.8 Å². The molecule has 0 aliphatic carbocycles. The van der Waals surface area contributed by atoms with Crippen LogP contribution in [0.4, 0.5) is 4.39 Å². The number of nitrogens with one attached hydrogen (secondary N) is 1. The van der Waals surface area contributed by atoms with Crippen LogP contribution < -0.4 is 5.32 Å². The minimum atomic E-state index is -0.437. The molecule has 0 aliphatic rings. The highest BCUT2D eigenvalue weighted by atomic mass is 35.5. The first-order valence-electron chi connectivity index (χ1n) is 5.68. The molecule has 0 aliphatic heterocycles. The Morgan fingerprint density at radius 3 is 3.05 bits per heavy atom. The summed E-state index contributed by atoms with van der Waals surface area (Å²) in [7, 11) is 1.65. The average molecular weight is 302 g/mol. The van der Waals surface area contributed by atoms with Crippen LogP contribution >= 0.6 is 23.1 Å². The van der Waals surface area contributed by atoms with E-state index in [4.69, 9.17) is 16.3 Å². The lowest BCUT2D eigenvalue weighted by Gasteiger charge is -2.04. The third-order valence-electron chi connectivity index (χ3n) is 2.52. The molecule has 0 radical (unpaired) electrons. The monoisotopic (exact) mass is 301 g/mol. The summed E-state index contributed by atoms with van der Waals surface area (Å²) in [6, 6.07) is 4.54. The fraction of sp³-hybridized carbons (Fsp3) is 0.333. The molecule has 19 heavy (non-hydrogen) atoms. The number of benzene rings is 1. The SMILES string of the molecule is COCCNCc1snnc1-c1ccc(F)c(Cl)c1. The molecule has 0 fully saturated rings. The van der Waals surface area contributed by atoms with Crippen molar-refractivity contribution in [3.63, 3.8) is 0 Å². The molecule has 0 bridgehead atoms. The lowest BCUT2D eigenvalue weighted by atomic mass is 10.1. The molecule has 2 aromatic rings. The second-order valence-corrected chi connectivity index (χ2v) is 5.09. The van der Waals surface area contributed by atoms with Crippen LogP contribution in [0.5, 0.6) is 0 Å². The Balaban J connectivity index is 2.12. The highest BCUT2D eigenvalue weighted by Gasteiger charge is 2.11. The molecule has 0 unspecified atom stereocenters. The van der Waals surface area contributed by atoms with Crippen molar-refractivity contribution >= 4 is 23.1 Å². The van der Waals surface area contributed by atoms with Crippen molar-refractivity contribution < 1.29 is 9.13 Å². The van der Waals surface area contributed by atoms with Gasteiger partial charge in [-0.3, -0.25) is 0 Å². The predicted octanol–water partition coefficient (Wildman–Crippen LogP) is 2.73. The van der Waals surface area contributed by atoms with E-state index in [2.05, 4.69) is 14.9 Å². The normalized spacial score (nSPS) is 10.9. The number of nitrogens with zero attached hydrogens (tertiary/aromatic N) is 2. The van der Waals surface area contributed by atoms with Crippen molar-refractivity contribution in [3.8, 4) is 11.3 Å². The predicted molar refractivity (Wildman–Crippen MR) is 73.9 cm³/mol. The summed E-state index contributed by atoms with van der Waals surface area (Å²) < 4.78 is 22.0. The van der Waals surface area contributed by atoms with Crippen LogP contribution in [0.15, 0.2) is 18.2 Å². The van der Waals surface area contributed by atoms with Crippen molar-refractivity contribution in [1.82, 2.24) is 14.9 Å². The Labute approximate surface area is 119 Å². The maximum Gasteiger partial charge on any atom is 0.141 e. The zero-order valence-corrected chi connectivity index (χ0v) is 11.9. The first-order chi connectivity index (χ1) is 9.22. The van der Waals surface area contributed by atoms with Gasteiger partial charge in [-0.15, -0.1) is 5.10 Å². The third kappa shape index (κ3) is 3.70.